The van der Waals surface area contributed by atoms with Gasteiger partial charge in [0.05, 0.1) is 0 Å². The van der Waals surface area contributed by atoms with E-state index >= 15 is 0 Å². The van der Waals surface area contributed by atoms with Crippen LogP contribution in [0.4, 0.5) is 13.2 Å². The Morgan fingerprint density at radius 2 is 1.91 bits per heavy atom. The molecule has 0 aliphatic rings. The van der Waals surface area contributed by atoms with Crippen LogP contribution in [-0.2, 0) is 14.3 Å². The molecule has 0 saturated carbocycles. The van der Waals surface area contributed by atoms with Gasteiger partial charge >= 0.3 is 17.3 Å². The third-order valence-electron chi connectivity index (χ3n) is 0.547. The number of rotatable bonds is 2. The summed E-state index contributed by atoms with van der Waals surface area (Å²) in [6.45, 7) is -1.65. The Balaban J connectivity index is 3.99. The van der Waals surface area contributed by atoms with Crippen LogP contribution in [0.15, 0.2) is 0 Å². The van der Waals surface area contributed by atoms with Gasteiger partial charge in [0, 0.05) is 0 Å². The molecule has 11 heavy (non-hydrogen) atoms. The second-order valence-corrected chi connectivity index (χ2v) is 1.87. The minimum Gasteiger partial charge on any atom is -0.386 e. The molecule has 0 aliphatic heterocycles. The van der Waals surface area contributed by atoms with Crippen LogP contribution in [0.5, 0.6) is 0 Å². The lowest BCUT2D eigenvalue weighted by molar-refractivity contribution is -0.171. The molecule has 0 heterocycles. The number of hydrogen-bond donors (Lipinski definition) is 0. The summed E-state index contributed by atoms with van der Waals surface area (Å²) < 4.78 is 37.7. The molecule has 0 aromatic rings. The first-order chi connectivity index (χ1) is 4.88. The molecule has 0 unspecified atom stereocenters. The topological polar surface area (TPSA) is 43.4 Å². The SMILES string of the molecule is O=C(CF)OC(=O)C(F)(F)Cl. The summed E-state index contributed by atoms with van der Waals surface area (Å²) in [4.78, 5) is 19.8. The first kappa shape index (κ1) is 10.2. The second-order valence-electron chi connectivity index (χ2n) is 1.39. The standard InChI is InChI=1S/C4H2ClF3O3/c5-4(7,8)3(10)11-2(9)1-6/h1H2. The molecular formula is C4H2ClF3O3. The fourth-order valence-electron chi connectivity index (χ4n) is 0.189. The first-order valence-electron chi connectivity index (χ1n) is 2.25. The number of esters is 2. The lowest BCUT2D eigenvalue weighted by Crippen LogP contribution is -2.27. The molecule has 0 amide bonds. The number of alkyl halides is 4. The van der Waals surface area contributed by atoms with Crippen molar-refractivity contribution in [3.63, 3.8) is 0 Å². The molecule has 7 heteroatoms. The predicted octanol–water partition coefficient (Wildman–Crippen LogP) is 0.857. The Kier molecular flexibility index (Phi) is 3.31. The Labute approximate surface area is 64.1 Å². The molecule has 0 aromatic heterocycles. The van der Waals surface area contributed by atoms with E-state index < -0.39 is 24.0 Å². The largest absolute Gasteiger partial charge is 0.418 e. The molecule has 0 fully saturated rings. The Morgan fingerprint density at radius 3 is 2.18 bits per heavy atom. The monoisotopic (exact) mass is 190 g/mol. The molecule has 0 saturated heterocycles. The van der Waals surface area contributed by atoms with Crippen molar-refractivity contribution >= 4 is 23.5 Å². The summed E-state index contributed by atoms with van der Waals surface area (Å²) >= 11 is 4.10. The van der Waals surface area contributed by atoms with Crippen LogP contribution in [-0.4, -0.2) is 24.0 Å². The van der Waals surface area contributed by atoms with Gasteiger partial charge in [-0.25, -0.2) is 14.0 Å². The third-order valence-corrected chi connectivity index (χ3v) is 0.701. The number of ether oxygens (including phenoxy) is 1. The fraction of sp³-hybridized carbons (Fsp3) is 0.500. The van der Waals surface area contributed by atoms with E-state index in [9.17, 15) is 22.8 Å². The van der Waals surface area contributed by atoms with Crippen LogP contribution in [0.3, 0.4) is 0 Å². The van der Waals surface area contributed by atoms with Crippen molar-refractivity contribution in [1.29, 1.82) is 0 Å². The van der Waals surface area contributed by atoms with Crippen LogP contribution in [0, 0.1) is 0 Å². The van der Waals surface area contributed by atoms with Gasteiger partial charge in [-0.2, -0.15) is 8.78 Å². The lowest BCUT2D eigenvalue weighted by Gasteiger charge is -2.03. The van der Waals surface area contributed by atoms with Gasteiger partial charge in [-0.3, -0.25) is 0 Å². The summed E-state index contributed by atoms with van der Waals surface area (Å²) in [5.41, 5.74) is 0. The lowest BCUT2D eigenvalue weighted by atomic mass is 10.7. The maximum Gasteiger partial charge on any atom is 0.418 e. The minimum absolute atomic E-state index is 1.65. The van der Waals surface area contributed by atoms with Gasteiger partial charge in [-0.15, -0.1) is 0 Å². The van der Waals surface area contributed by atoms with Gasteiger partial charge in [0.1, 0.15) is 0 Å². The molecule has 0 atom stereocenters. The van der Waals surface area contributed by atoms with Crippen molar-refractivity contribution in [2.24, 2.45) is 0 Å². The van der Waals surface area contributed by atoms with Gasteiger partial charge in [0.25, 0.3) is 0 Å². The Hall–Kier alpha value is -0.780. The van der Waals surface area contributed by atoms with E-state index in [1.165, 1.54) is 0 Å². The fourth-order valence-corrected chi connectivity index (χ4v) is 0.227. The molecule has 0 aliphatic carbocycles. The highest BCUT2D eigenvalue weighted by atomic mass is 35.5. The highest BCUT2D eigenvalue weighted by Gasteiger charge is 2.39. The maximum atomic E-state index is 11.6. The Bertz CT molecular complexity index is 176. The highest BCUT2D eigenvalue weighted by Crippen LogP contribution is 2.20. The van der Waals surface area contributed by atoms with Crippen molar-refractivity contribution in [1.82, 2.24) is 0 Å². The molecule has 0 spiro atoms. The smallest absolute Gasteiger partial charge is 0.386 e. The quantitative estimate of drug-likeness (QED) is 0.368. The normalized spacial score (nSPS) is 10.9. The summed E-state index contributed by atoms with van der Waals surface area (Å²) in [5, 5.41) is -4.29. The van der Waals surface area contributed by atoms with E-state index in [1.807, 2.05) is 0 Å². The molecule has 0 bridgehead atoms. The summed E-state index contributed by atoms with van der Waals surface area (Å²) in [6.07, 6.45) is 0. The zero-order valence-electron chi connectivity index (χ0n) is 4.94. The van der Waals surface area contributed by atoms with Gasteiger partial charge in [-0.1, -0.05) is 0 Å². The predicted molar refractivity (Wildman–Crippen MR) is 27.9 cm³/mol. The second kappa shape index (κ2) is 3.56. The van der Waals surface area contributed by atoms with E-state index in [1.54, 1.807) is 0 Å². The van der Waals surface area contributed by atoms with Crippen molar-refractivity contribution in [3.8, 4) is 0 Å². The molecule has 0 radical (unpaired) electrons. The van der Waals surface area contributed by atoms with Crippen molar-refractivity contribution in [2.75, 3.05) is 6.67 Å². The Morgan fingerprint density at radius 1 is 1.45 bits per heavy atom. The highest BCUT2D eigenvalue weighted by molar-refractivity contribution is 6.31. The van der Waals surface area contributed by atoms with Crippen molar-refractivity contribution in [2.45, 2.75) is 5.38 Å². The third kappa shape index (κ3) is 3.82. The van der Waals surface area contributed by atoms with E-state index in [2.05, 4.69) is 16.3 Å². The average molecular weight is 191 g/mol. The average Bonchev–Trinajstić information content (AvgIpc) is 1.85. The van der Waals surface area contributed by atoms with E-state index in [0.29, 0.717) is 0 Å². The van der Waals surface area contributed by atoms with Gasteiger partial charge in [0.2, 0.25) is 0 Å². The summed E-state index contributed by atoms with van der Waals surface area (Å²) in [6, 6.07) is 0. The zero-order valence-corrected chi connectivity index (χ0v) is 5.70. The van der Waals surface area contributed by atoms with E-state index in [4.69, 9.17) is 0 Å². The van der Waals surface area contributed by atoms with Gasteiger partial charge in [0.15, 0.2) is 6.67 Å². The summed E-state index contributed by atoms with van der Waals surface area (Å²) in [7, 11) is 0. The molecule has 64 valence electrons. The van der Waals surface area contributed by atoms with Crippen LogP contribution >= 0.6 is 11.6 Å². The number of halogens is 4. The van der Waals surface area contributed by atoms with Crippen LogP contribution < -0.4 is 0 Å². The number of carbonyl (C=O) groups excluding carboxylic acids is 2. The molecule has 0 aromatic carbocycles. The van der Waals surface area contributed by atoms with E-state index in [0.717, 1.165) is 0 Å². The van der Waals surface area contributed by atoms with Crippen molar-refractivity contribution in [3.05, 3.63) is 0 Å². The number of hydrogen-bond acceptors (Lipinski definition) is 3. The maximum absolute atomic E-state index is 11.6. The van der Waals surface area contributed by atoms with Crippen molar-refractivity contribution < 1.29 is 27.5 Å². The summed E-state index contributed by atoms with van der Waals surface area (Å²) in [5.74, 6) is -3.97. The molecular weight excluding hydrogens is 188 g/mol. The van der Waals surface area contributed by atoms with Crippen LogP contribution in [0.1, 0.15) is 0 Å². The van der Waals surface area contributed by atoms with E-state index in [-0.39, 0.29) is 0 Å². The van der Waals surface area contributed by atoms with Crippen LogP contribution in [0.25, 0.3) is 0 Å². The minimum atomic E-state index is -4.29. The molecule has 0 rings (SSSR count). The number of carbonyl (C=O) groups is 2. The molecule has 0 N–H and O–H groups in total. The first-order valence-corrected chi connectivity index (χ1v) is 2.63. The van der Waals surface area contributed by atoms with Gasteiger partial charge < -0.3 is 4.74 Å². The molecule has 3 nitrogen and oxygen atoms in total. The van der Waals surface area contributed by atoms with Gasteiger partial charge in [-0.05, 0) is 11.6 Å². The van der Waals surface area contributed by atoms with Crippen LogP contribution in [0.2, 0.25) is 0 Å². The zero-order chi connectivity index (χ0) is 9.07.